The van der Waals surface area contributed by atoms with Crippen molar-refractivity contribution in [3.8, 4) is 0 Å². The molecule has 5 heteroatoms. The lowest BCUT2D eigenvalue weighted by Crippen LogP contribution is -2.48. The van der Waals surface area contributed by atoms with E-state index in [1.807, 2.05) is 11.8 Å². The number of carbonyl (C=O) groups is 1. The van der Waals surface area contributed by atoms with Gasteiger partial charge in [-0.25, -0.2) is 0 Å². The molecule has 1 rings (SSSR count). The van der Waals surface area contributed by atoms with Crippen LogP contribution < -0.4 is 0 Å². The molecule has 1 heterocycles. The Morgan fingerprint density at radius 3 is 2.62 bits per heavy atom. The van der Waals surface area contributed by atoms with Crippen molar-refractivity contribution in [3.05, 3.63) is 11.7 Å². The van der Waals surface area contributed by atoms with Crippen LogP contribution in [0, 0.1) is 5.41 Å². The van der Waals surface area contributed by atoms with E-state index < -0.39 is 17.5 Å². The zero-order valence-corrected chi connectivity index (χ0v) is 9.85. The third-order valence-corrected chi connectivity index (χ3v) is 3.20. The molecule has 0 N–H and O–H groups in total. The third kappa shape index (κ3) is 2.24. The number of halogens is 2. The summed E-state index contributed by atoms with van der Waals surface area (Å²) in [7, 11) is 1.23. The molecule has 1 fully saturated rings. The molecule has 0 spiro atoms. The molecular weight excluding hydrogens is 216 g/mol. The molecule has 1 atom stereocenters. The standard InChI is InChI=1S/C11H17F2NO2/c1-4-14-6-5-8(9(12)13)11(2,7-14)10(15)16-3/h4-7H2,1-3H3/t11-/m1/s1. The molecule has 0 saturated carbocycles. The molecule has 0 aromatic rings. The van der Waals surface area contributed by atoms with Gasteiger partial charge in [0.2, 0.25) is 0 Å². The molecule has 0 aromatic heterocycles. The highest BCUT2D eigenvalue weighted by atomic mass is 19.3. The molecule has 0 aromatic carbocycles. The van der Waals surface area contributed by atoms with Gasteiger partial charge in [0.1, 0.15) is 5.41 Å². The van der Waals surface area contributed by atoms with Crippen LogP contribution in [0.25, 0.3) is 0 Å². The van der Waals surface area contributed by atoms with E-state index in [0.717, 1.165) is 6.54 Å². The van der Waals surface area contributed by atoms with Crippen molar-refractivity contribution < 1.29 is 18.3 Å². The highest BCUT2D eigenvalue weighted by Gasteiger charge is 2.44. The van der Waals surface area contributed by atoms with Gasteiger partial charge in [-0.3, -0.25) is 4.79 Å². The number of methoxy groups -OCH3 is 1. The monoisotopic (exact) mass is 233 g/mol. The lowest BCUT2D eigenvalue weighted by atomic mass is 9.77. The van der Waals surface area contributed by atoms with Crippen LogP contribution >= 0.6 is 0 Å². The van der Waals surface area contributed by atoms with Crippen LogP contribution in [0.5, 0.6) is 0 Å². The quantitative estimate of drug-likeness (QED) is 0.683. The minimum atomic E-state index is -1.75. The zero-order valence-electron chi connectivity index (χ0n) is 9.85. The van der Waals surface area contributed by atoms with Crippen molar-refractivity contribution in [2.45, 2.75) is 20.3 Å². The fraction of sp³-hybridized carbons (Fsp3) is 0.727. The van der Waals surface area contributed by atoms with Crippen molar-refractivity contribution in [3.63, 3.8) is 0 Å². The molecule has 1 saturated heterocycles. The first-order valence-electron chi connectivity index (χ1n) is 5.31. The van der Waals surface area contributed by atoms with Crippen LogP contribution in [0.2, 0.25) is 0 Å². The summed E-state index contributed by atoms with van der Waals surface area (Å²) in [5.74, 6) is -0.589. The maximum atomic E-state index is 12.8. The number of hydrogen-bond acceptors (Lipinski definition) is 3. The maximum absolute atomic E-state index is 12.8. The van der Waals surface area contributed by atoms with Gasteiger partial charge in [-0.2, -0.15) is 8.78 Å². The van der Waals surface area contributed by atoms with Gasteiger partial charge >= 0.3 is 5.97 Å². The zero-order chi connectivity index (χ0) is 12.3. The number of ether oxygens (including phenoxy) is 1. The first-order valence-corrected chi connectivity index (χ1v) is 5.31. The van der Waals surface area contributed by atoms with Crippen molar-refractivity contribution in [1.29, 1.82) is 0 Å². The molecule has 3 nitrogen and oxygen atoms in total. The van der Waals surface area contributed by atoms with Crippen LogP contribution in [-0.4, -0.2) is 37.6 Å². The second-order valence-corrected chi connectivity index (χ2v) is 4.18. The highest BCUT2D eigenvalue weighted by Crippen LogP contribution is 2.38. The molecule has 1 aliphatic rings. The predicted molar refractivity (Wildman–Crippen MR) is 56.1 cm³/mol. The summed E-state index contributed by atoms with van der Waals surface area (Å²) in [6.07, 6.45) is -1.52. The van der Waals surface area contributed by atoms with Gasteiger partial charge in [-0.15, -0.1) is 0 Å². The minimum absolute atomic E-state index is 0.0796. The SMILES string of the molecule is CCN1CCC(=C(F)F)[C@](C)(C(=O)OC)C1. The maximum Gasteiger partial charge on any atom is 0.317 e. The molecule has 16 heavy (non-hydrogen) atoms. The molecule has 92 valence electrons. The van der Waals surface area contributed by atoms with Crippen molar-refractivity contribution >= 4 is 5.97 Å². The summed E-state index contributed by atoms with van der Waals surface area (Å²) in [5, 5.41) is 0. The number of hydrogen-bond donors (Lipinski definition) is 0. The molecule has 0 aliphatic carbocycles. The summed E-state index contributed by atoms with van der Waals surface area (Å²) in [6, 6.07) is 0. The van der Waals surface area contributed by atoms with Gasteiger partial charge < -0.3 is 9.64 Å². The van der Waals surface area contributed by atoms with E-state index in [2.05, 4.69) is 4.74 Å². The van der Waals surface area contributed by atoms with Crippen LogP contribution in [-0.2, 0) is 9.53 Å². The Hall–Kier alpha value is -0.970. The molecular formula is C11H17F2NO2. The molecule has 1 aliphatic heterocycles. The van der Waals surface area contributed by atoms with Crippen LogP contribution in [0.15, 0.2) is 11.7 Å². The van der Waals surface area contributed by atoms with Gasteiger partial charge in [0.15, 0.2) is 0 Å². The normalized spacial score (nSPS) is 26.7. The largest absolute Gasteiger partial charge is 0.468 e. The predicted octanol–water partition coefficient (Wildman–Crippen LogP) is 2.04. The molecule has 0 amide bonds. The minimum Gasteiger partial charge on any atom is -0.468 e. The Labute approximate surface area is 94.1 Å². The summed E-state index contributed by atoms with van der Waals surface area (Å²) >= 11 is 0. The highest BCUT2D eigenvalue weighted by molar-refractivity contribution is 5.80. The van der Waals surface area contributed by atoms with Crippen LogP contribution in [0.1, 0.15) is 20.3 Å². The van der Waals surface area contributed by atoms with Gasteiger partial charge in [0.25, 0.3) is 6.08 Å². The summed E-state index contributed by atoms with van der Waals surface area (Å²) < 4.78 is 30.2. The second kappa shape index (κ2) is 4.91. The van der Waals surface area contributed by atoms with E-state index >= 15 is 0 Å². The average molecular weight is 233 g/mol. The van der Waals surface area contributed by atoms with Gasteiger partial charge in [-0.1, -0.05) is 6.92 Å². The van der Waals surface area contributed by atoms with Crippen LogP contribution in [0.4, 0.5) is 8.78 Å². The Kier molecular flexibility index (Phi) is 4.02. The number of rotatable bonds is 2. The van der Waals surface area contributed by atoms with Gasteiger partial charge in [-0.05, 0) is 19.9 Å². The second-order valence-electron chi connectivity index (χ2n) is 4.18. The molecule has 0 radical (unpaired) electrons. The van der Waals surface area contributed by atoms with E-state index in [1.54, 1.807) is 0 Å². The number of esters is 1. The first kappa shape index (κ1) is 13.1. The fourth-order valence-electron chi connectivity index (χ4n) is 2.15. The number of carbonyl (C=O) groups excluding carboxylic acids is 1. The number of piperidine rings is 1. The van der Waals surface area contributed by atoms with Gasteiger partial charge in [0.05, 0.1) is 7.11 Å². The number of likely N-dealkylation sites (tertiary alicyclic amines) is 1. The first-order chi connectivity index (χ1) is 7.45. The van der Waals surface area contributed by atoms with E-state index in [1.165, 1.54) is 14.0 Å². The third-order valence-electron chi connectivity index (χ3n) is 3.20. The Morgan fingerprint density at radius 2 is 2.19 bits per heavy atom. The van der Waals surface area contributed by atoms with Gasteiger partial charge in [0, 0.05) is 18.7 Å². The van der Waals surface area contributed by atoms with Crippen LogP contribution in [0.3, 0.4) is 0 Å². The van der Waals surface area contributed by atoms with E-state index in [9.17, 15) is 13.6 Å². The van der Waals surface area contributed by atoms with E-state index in [-0.39, 0.29) is 12.0 Å². The van der Waals surface area contributed by atoms with E-state index in [4.69, 9.17) is 0 Å². The summed E-state index contributed by atoms with van der Waals surface area (Å²) in [5.41, 5.74) is -1.29. The van der Waals surface area contributed by atoms with Crippen molar-refractivity contribution in [1.82, 2.24) is 4.90 Å². The topological polar surface area (TPSA) is 29.5 Å². The molecule has 0 bridgehead atoms. The molecule has 0 unspecified atom stereocenters. The smallest absolute Gasteiger partial charge is 0.317 e. The lowest BCUT2D eigenvalue weighted by Gasteiger charge is -2.39. The van der Waals surface area contributed by atoms with Crippen molar-refractivity contribution in [2.24, 2.45) is 5.41 Å². The average Bonchev–Trinajstić information content (AvgIpc) is 2.27. The summed E-state index contributed by atoms with van der Waals surface area (Å²) in [6.45, 7) is 5.07. The summed E-state index contributed by atoms with van der Waals surface area (Å²) in [4.78, 5) is 13.6. The Balaban J connectivity index is 3.05. The van der Waals surface area contributed by atoms with E-state index in [0.29, 0.717) is 13.1 Å². The Morgan fingerprint density at radius 1 is 1.56 bits per heavy atom. The fourth-order valence-corrected chi connectivity index (χ4v) is 2.15. The lowest BCUT2D eigenvalue weighted by molar-refractivity contribution is -0.151. The Bertz CT molecular complexity index is 313. The number of nitrogens with zero attached hydrogens (tertiary/aromatic N) is 1. The van der Waals surface area contributed by atoms with Crippen molar-refractivity contribution in [2.75, 3.05) is 26.7 Å².